The van der Waals surface area contributed by atoms with Crippen LogP contribution in [-0.2, 0) is 0 Å². The van der Waals surface area contributed by atoms with Crippen molar-refractivity contribution in [1.82, 2.24) is 0 Å². The predicted molar refractivity (Wildman–Crippen MR) is 63.9 cm³/mol. The molecule has 1 rings (SSSR count). The molecule has 0 atom stereocenters. The van der Waals surface area contributed by atoms with Gasteiger partial charge in [0.25, 0.3) is 0 Å². The van der Waals surface area contributed by atoms with Gasteiger partial charge >= 0.3 is 0 Å². The molecule has 0 aliphatic rings. The second-order valence-electron chi connectivity index (χ2n) is 3.76. The van der Waals surface area contributed by atoms with Gasteiger partial charge in [0.1, 0.15) is 11.9 Å². The zero-order chi connectivity index (χ0) is 12.0. The zero-order valence-electron chi connectivity index (χ0n) is 9.83. The van der Waals surface area contributed by atoms with Crippen molar-refractivity contribution in [2.75, 3.05) is 18.0 Å². The number of hydrogen-bond acceptors (Lipinski definition) is 2. The first-order valence-electron chi connectivity index (χ1n) is 5.67. The quantitative estimate of drug-likeness (QED) is 0.761. The minimum atomic E-state index is -0.433. The molecule has 0 fully saturated rings. The molecule has 0 unspecified atom stereocenters. The van der Waals surface area contributed by atoms with E-state index in [9.17, 15) is 4.39 Å². The standard InChI is InChI=1S/C13H17FN2/c1-3-7-16(8-4-2)12-6-5-11(10-15)13(14)9-12/h5-6,9H,3-4,7-8H2,1-2H3. The molecule has 2 nitrogen and oxygen atoms in total. The Morgan fingerprint density at radius 3 is 2.31 bits per heavy atom. The summed E-state index contributed by atoms with van der Waals surface area (Å²) >= 11 is 0. The zero-order valence-corrected chi connectivity index (χ0v) is 9.83. The van der Waals surface area contributed by atoms with Crippen LogP contribution in [0.4, 0.5) is 10.1 Å². The SMILES string of the molecule is CCCN(CCC)c1ccc(C#N)c(F)c1. The van der Waals surface area contributed by atoms with Crippen LogP contribution in [0.2, 0.25) is 0 Å². The van der Waals surface area contributed by atoms with Gasteiger partial charge in [-0.25, -0.2) is 4.39 Å². The van der Waals surface area contributed by atoms with Crippen LogP contribution in [0, 0.1) is 17.1 Å². The third-order valence-electron chi connectivity index (χ3n) is 2.43. The molecule has 0 saturated heterocycles. The van der Waals surface area contributed by atoms with Crippen LogP contribution in [0.15, 0.2) is 18.2 Å². The lowest BCUT2D eigenvalue weighted by molar-refractivity contribution is 0.622. The average molecular weight is 220 g/mol. The highest BCUT2D eigenvalue weighted by Crippen LogP contribution is 2.18. The van der Waals surface area contributed by atoms with Gasteiger partial charge in [0, 0.05) is 18.8 Å². The highest BCUT2D eigenvalue weighted by Gasteiger charge is 2.08. The van der Waals surface area contributed by atoms with Crippen LogP contribution in [0.3, 0.4) is 0 Å². The van der Waals surface area contributed by atoms with E-state index in [0.717, 1.165) is 31.6 Å². The van der Waals surface area contributed by atoms with E-state index in [4.69, 9.17) is 5.26 Å². The summed E-state index contributed by atoms with van der Waals surface area (Å²) in [5.74, 6) is -0.433. The first-order chi connectivity index (χ1) is 7.72. The Labute approximate surface area is 96.3 Å². The second-order valence-corrected chi connectivity index (χ2v) is 3.76. The summed E-state index contributed by atoms with van der Waals surface area (Å²) in [6, 6.07) is 6.64. The van der Waals surface area contributed by atoms with E-state index in [-0.39, 0.29) is 5.56 Å². The Morgan fingerprint density at radius 2 is 1.88 bits per heavy atom. The molecule has 0 aliphatic carbocycles. The molecule has 0 amide bonds. The molecule has 0 bridgehead atoms. The molecule has 0 heterocycles. The number of rotatable bonds is 5. The molecule has 3 heteroatoms. The number of hydrogen-bond donors (Lipinski definition) is 0. The first-order valence-corrected chi connectivity index (χ1v) is 5.67. The summed E-state index contributed by atoms with van der Waals surface area (Å²) in [5.41, 5.74) is 0.969. The average Bonchev–Trinajstić information content (AvgIpc) is 2.28. The summed E-state index contributed by atoms with van der Waals surface area (Å²) in [4.78, 5) is 2.14. The molecular formula is C13H17FN2. The number of halogens is 1. The second kappa shape index (κ2) is 6.12. The van der Waals surface area contributed by atoms with Crippen LogP contribution in [0.25, 0.3) is 0 Å². The Hall–Kier alpha value is -1.56. The molecule has 16 heavy (non-hydrogen) atoms. The Kier molecular flexibility index (Phi) is 4.78. The molecule has 0 spiro atoms. The Morgan fingerprint density at radius 1 is 1.25 bits per heavy atom. The summed E-state index contributed by atoms with van der Waals surface area (Å²) in [6.07, 6.45) is 2.06. The molecule has 0 aliphatic heterocycles. The lowest BCUT2D eigenvalue weighted by atomic mass is 10.2. The third-order valence-corrected chi connectivity index (χ3v) is 2.43. The fourth-order valence-electron chi connectivity index (χ4n) is 1.70. The van der Waals surface area contributed by atoms with Crippen molar-refractivity contribution in [3.05, 3.63) is 29.6 Å². The van der Waals surface area contributed by atoms with Gasteiger partial charge in [0.15, 0.2) is 0 Å². The van der Waals surface area contributed by atoms with Gasteiger partial charge < -0.3 is 4.90 Å². The lowest BCUT2D eigenvalue weighted by Gasteiger charge is -2.23. The third kappa shape index (κ3) is 2.96. The summed E-state index contributed by atoms with van der Waals surface area (Å²) in [6.45, 7) is 6.03. The van der Waals surface area contributed by atoms with E-state index in [1.807, 2.05) is 12.1 Å². The Bertz CT molecular complexity index is 376. The van der Waals surface area contributed by atoms with Crippen molar-refractivity contribution < 1.29 is 4.39 Å². The molecule has 0 saturated carbocycles. The highest BCUT2D eigenvalue weighted by atomic mass is 19.1. The largest absolute Gasteiger partial charge is 0.371 e. The summed E-state index contributed by atoms with van der Waals surface area (Å²) < 4.78 is 13.4. The maximum Gasteiger partial charge on any atom is 0.143 e. The van der Waals surface area contributed by atoms with Crippen molar-refractivity contribution in [3.8, 4) is 6.07 Å². The fraction of sp³-hybridized carbons (Fsp3) is 0.462. The molecule has 0 N–H and O–H groups in total. The van der Waals surface area contributed by atoms with Crippen LogP contribution < -0.4 is 4.90 Å². The van der Waals surface area contributed by atoms with E-state index < -0.39 is 5.82 Å². The van der Waals surface area contributed by atoms with Gasteiger partial charge in [-0.3, -0.25) is 0 Å². The minimum absolute atomic E-state index is 0.108. The van der Waals surface area contributed by atoms with Gasteiger partial charge in [-0.05, 0) is 31.0 Å². The minimum Gasteiger partial charge on any atom is -0.371 e. The molecule has 86 valence electrons. The Balaban J connectivity index is 2.93. The van der Waals surface area contributed by atoms with Crippen molar-refractivity contribution >= 4 is 5.69 Å². The van der Waals surface area contributed by atoms with Crippen molar-refractivity contribution in [3.63, 3.8) is 0 Å². The van der Waals surface area contributed by atoms with E-state index in [2.05, 4.69) is 18.7 Å². The molecule has 0 radical (unpaired) electrons. The number of benzene rings is 1. The van der Waals surface area contributed by atoms with Crippen molar-refractivity contribution in [2.24, 2.45) is 0 Å². The van der Waals surface area contributed by atoms with Crippen LogP contribution >= 0.6 is 0 Å². The first kappa shape index (κ1) is 12.5. The maximum atomic E-state index is 13.4. The number of anilines is 1. The fourth-order valence-corrected chi connectivity index (χ4v) is 1.70. The van der Waals surface area contributed by atoms with Crippen molar-refractivity contribution in [2.45, 2.75) is 26.7 Å². The summed E-state index contributed by atoms with van der Waals surface area (Å²) in [7, 11) is 0. The smallest absolute Gasteiger partial charge is 0.143 e. The van der Waals surface area contributed by atoms with E-state index >= 15 is 0 Å². The molecule has 1 aromatic rings. The van der Waals surface area contributed by atoms with E-state index in [0.29, 0.717) is 0 Å². The topological polar surface area (TPSA) is 27.0 Å². The maximum absolute atomic E-state index is 13.4. The van der Waals surface area contributed by atoms with Gasteiger partial charge in [-0.15, -0.1) is 0 Å². The predicted octanol–water partition coefficient (Wildman–Crippen LogP) is 3.32. The van der Waals surface area contributed by atoms with E-state index in [1.165, 1.54) is 6.07 Å². The normalized spacial score (nSPS) is 9.88. The number of nitriles is 1. The van der Waals surface area contributed by atoms with Gasteiger partial charge in [-0.2, -0.15) is 5.26 Å². The molecule has 1 aromatic carbocycles. The van der Waals surface area contributed by atoms with Crippen molar-refractivity contribution in [1.29, 1.82) is 5.26 Å². The lowest BCUT2D eigenvalue weighted by Crippen LogP contribution is -2.24. The van der Waals surface area contributed by atoms with E-state index in [1.54, 1.807) is 6.07 Å². The van der Waals surface area contributed by atoms with Gasteiger partial charge in [0.05, 0.1) is 5.56 Å². The number of nitrogens with zero attached hydrogens (tertiary/aromatic N) is 2. The van der Waals surface area contributed by atoms with Crippen LogP contribution in [0.5, 0.6) is 0 Å². The molecular weight excluding hydrogens is 203 g/mol. The monoisotopic (exact) mass is 220 g/mol. The van der Waals surface area contributed by atoms with Crippen LogP contribution in [0.1, 0.15) is 32.3 Å². The van der Waals surface area contributed by atoms with Gasteiger partial charge in [0.2, 0.25) is 0 Å². The molecule has 0 aromatic heterocycles. The highest BCUT2D eigenvalue weighted by molar-refractivity contribution is 5.50. The van der Waals surface area contributed by atoms with Crippen LogP contribution in [-0.4, -0.2) is 13.1 Å². The van der Waals surface area contributed by atoms with Gasteiger partial charge in [-0.1, -0.05) is 13.8 Å². The summed E-state index contributed by atoms with van der Waals surface area (Å²) in [5, 5.41) is 8.65.